The average Bonchev–Trinajstić information content (AvgIpc) is 2.78. The topological polar surface area (TPSA) is 38.5 Å². The highest BCUT2D eigenvalue weighted by molar-refractivity contribution is 6.34. The van der Waals surface area contributed by atoms with E-state index in [0.29, 0.717) is 22.5 Å². The number of hydrogen-bond donors (Lipinski definition) is 1. The normalized spacial score (nSPS) is 21.8. The minimum absolute atomic E-state index is 0.179. The van der Waals surface area contributed by atoms with Crippen LogP contribution in [0.1, 0.15) is 18.0 Å². The van der Waals surface area contributed by atoms with Gasteiger partial charge in [-0.2, -0.15) is 0 Å². The smallest absolute Gasteiger partial charge is 0.0503 e. The Hall–Kier alpha value is -0.320. The van der Waals surface area contributed by atoms with E-state index in [2.05, 4.69) is 4.90 Å². The molecule has 0 saturated carbocycles. The van der Waals surface area contributed by atoms with Crippen LogP contribution in [0.15, 0.2) is 18.2 Å². The highest BCUT2D eigenvalue weighted by atomic mass is 35.5. The van der Waals surface area contributed by atoms with Crippen LogP contribution in [0.4, 0.5) is 0 Å². The molecule has 0 aliphatic carbocycles. The fraction of sp³-hybridized carbons (Fsp3) is 0.571. The van der Waals surface area contributed by atoms with Crippen LogP contribution in [0.25, 0.3) is 0 Å². The number of methoxy groups -OCH3 is 1. The Morgan fingerprint density at radius 1 is 1.37 bits per heavy atom. The van der Waals surface area contributed by atoms with Gasteiger partial charge in [0.05, 0.1) is 6.61 Å². The lowest BCUT2D eigenvalue weighted by atomic mass is 10.1. The SMILES string of the molecule is COCC1CCN(C(CN)c2cc(Cl)cc(Cl)c2)C1. The van der Waals surface area contributed by atoms with E-state index in [0.717, 1.165) is 31.7 Å². The van der Waals surface area contributed by atoms with Crippen LogP contribution in [0.3, 0.4) is 0 Å². The van der Waals surface area contributed by atoms with E-state index < -0.39 is 0 Å². The number of halogens is 2. The molecular formula is C14H20Cl2N2O. The van der Waals surface area contributed by atoms with Gasteiger partial charge in [-0.05, 0) is 42.6 Å². The van der Waals surface area contributed by atoms with Crippen LogP contribution < -0.4 is 5.73 Å². The van der Waals surface area contributed by atoms with Gasteiger partial charge in [-0.15, -0.1) is 0 Å². The Morgan fingerprint density at radius 2 is 2.05 bits per heavy atom. The molecule has 1 heterocycles. The standard InChI is InChI=1S/C14H20Cl2N2O/c1-19-9-10-2-3-18(8-10)14(7-17)11-4-12(15)6-13(16)5-11/h4-6,10,14H,2-3,7-9,17H2,1H3. The van der Waals surface area contributed by atoms with Crippen LogP contribution >= 0.6 is 23.2 Å². The van der Waals surface area contributed by atoms with E-state index in [1.165, 1.54) is 0 Å². The summed E-state index contributed by atoms with van der Waals surface area (Å²) < 4.78 is 5.23. The summed E-state index contributed by atoms with van der Waals surface area (Å²) in [6.07, 6.45) is 1.15. The zero-order chi connectivity index (χ0) is 13.8. The first-order valence-electron chi connectivity index (χ1n) is 6.53. The van der Waals surface area contributed by atoms with E-state index in [9.17, 15) is 0 Å². The van der Waals surface area contributed by atoms with Crippen molar-refractivity contribution < 1.29 is 4.74 Å². The Bertz CT molecular complexity index is 408. The van der Waals surface area contributed by atoms with E-state index in [1.807, 2.05) is 12.1 Å². The van der Waals surface area contributed by atoms with Gasteiger partial charge in [0, 0.05) is 36.3 Å². The number of nitrogens with two attached hydrogens (primary N) is 1. The Balaban J connectivity index is 2.12. The fourth-order valence-corrected chi connectivity index (χ4v) is 3.32. The van der Waals surface area contributed by atoms with Gasteiger partial charge in [0.15, 0.2) is 0 Å². The van der Waals surface area contributed by atoms with E-state index in [1.54, 1.807) is 13.2 Å². The summed E-state index contributed by atoms with van der Waals surface area (Å²) in [6, 6.07) is 5.83. The molecule has 0 amide bonds. The van der Waals surface area contributed by atoms with E-state index in [4.69, 9.17) is 33.7 Å². The van der Waals surface area contributed by atoms with Crippen molar-refractivity contribution >= 4 is 23.2 Å². The Kier molecular flexibility index (Phi) is 5.48. The Labute approximate surface area is 124 Å². The molecule has 2 unspecified atom stereocenters. The zero-order valence-corrected chi connectivity index (χ0v) is 12.6. The predicted molar refractivity (Wildman–Crippen MR) is 79.8 cm³/mol. The van der Waals surface area contributed by atoms with Crippen molar-refractivity contribution in [1.29, 1.82) is 0 Å². The van der Waals surface area contributed by atoms with Crippen LogP contribution in [0.2, 0.25) is 10.0 Å². The first-order valence-corrected chi connectivity index (χ1v) is 7.28. The third-order valence-corrected chi connectivity index (χ3v) is 4.09. The maximum Gasteiger partial charge on any atom is 0.0503 e. The molecule has 0 radical (unpaired) electrons. The van der Waals surface area contributed by atoms with Gasteiger partial charge in [-0.25, -0.2) is 0 Å². The molecule has 5 heteroatoms. The summed E-state index contributed by atoms with van der Waals surface area (Å²) in [5, 5.41) is 1.32. The monoisotopic (exact) mass is 302 g/mol. The number of rotatable bonds is 5. The summed E-state index contributed by atoms with van der Waals surface area (Å²) in [7, 11) is 1.75. The first kappa shape index (κ1) is 15.1. The molecule has 0 bridgehead atoms. The molecular weight excluding hydrogens is 283 g/mol. The van der Waals surface area contributed by atoms with Crippen molar-refractivity contribution in [2.24, 2.45) is 11.7 Å². The van der Waals surface area contributed by atoms with Crippen molar-refractivity contribution in [2.45, 2.75) is 12.5 Å². The number of ether oxygens (including phenoxy) is 1. The molecule has 1 aromatic rings. The van der Waals surface area contributed by atoms with Crippen molar-refractivity contribution in [3.63, 3.8) is 0 Å². The molecule has 0 aromatic heterocycles. The van der Waals surface area contributed by atoms with Crippen molar-refractivity contribution in [3.05, 3.63) is 33.8 Å². The quantitative estimate of drug-likeness (QED) is 0.909. The molecule has 19 heavy (non-hydrogen) atoms. The molecule has 106 valence electrons. The van der Waals surface area contributed by atoms with Gasteiger partial charge in [0.2, 0.25) is 0 Å². The summed E-state index contributed by atoms with van der Waals surface area (Å²) in [5.41, 5.74) is 7.04. The highest BCUT2D eigenvalue weighted by Gasteiger charge is 2.28. The number of nitrogens with zero attached hydrogens (tertiary/aromatic N) is 1. The third kappa shape index (κ3) is 3.83. The lowest BCUT2D eigenvalue weighted by Crippen LogP contribution is -2.32. The van der Waals surface area contributed by atoms with Crippen molar-refractivity contribution in [1.82, 2.24) is 4.90 Å². The summed E-state index contributed by atoms with van der Waals surface area (Å²) in [4.78, 5) is 2.39. The van der Waals surface area contributed by atoms with Crippen molar-refractivity contribution in [3.8, 4) is 0 Å². The summed E-state index contributed by atoms with van der Waals surface area (Å²) >= 11 is 12.1. The molecule has 0 spiro atoms. The molecule has 1 aromatic carbocycles. The van der Waals surface area contributed by atoms with Gasteiger partial charge in [-0.3, -0.25) is 4.90 Å². The van der Waals surface area contributed by atoms with Crippen LogP contribution in [-0.4, -0.2) is 38.3 Å². The number of likely N-dealkylation sites (tertiary alicyclic amines) is 1. The molecule has 2 N–H and O–H groups in total. The van der Waals surface area contributed by atoms with Crippen LogP contribution in [-0.2, 0) is 4.74 Å². The number of benzene rings is 1. The second-order valence-corrected chi connectivity index (χ2v) is 5.93. The molecule has 1 aliphatic rings. The second-order valence-electron chi connectivity index (χ2n) is 5.06. The van der Waals surface area contributed by atoms with E-state index >= 15 is 0 Å². The first-order chi connectivity index (χ1) is 9.13. The average molecular weight is 303 g/mol. The number of hydrogen-bond acceptors (Lipinski definition) is 3. The minimum atomic E-state index is 0.179. The lowest BCUT2D eigenvalue weighted by Gasteiger charge is -2.27. The summed E-state index contributed by atoms with van der Waals surface area (Å²) in [5.74, 6) is 0.591. The zero-order valence-electron chi connectivity index (χ0n) is 11.1. The van der Waals surface area contributed by atoms with Crippen molar-refractivity contribution in [2.75, 3.05) is 33.4 Å². The molecule has 1 aliphatic heterocycles. The highest BCUT2D eigenvalue weighted by Crippen LogP contribution is 2.30. The van der Waals surface area contributed by atoms with Gasteiger partial charge < -0.3 is 10.5 Å². The second kappa shape index (κ2) is 6.91. The van der Waals surface area contributed by atoms with Gasteiger partial charge in [0.1, 0.15) is 0 Å². The molecule has 2 rings (SSSR count). The lowest BCUT2D eigenvalue weighted by molar-refractivity contribution is 0.147. The third-order valence-electron chi connectivity index (χ3n) is 3.65. The Morgan fingerprint density at radius 3 is 2.63 bits per heavy atom. The largest absolute Gasteiger partial charge is 0.384 e. The minimum Gasteiger partial charge on any atom is -0.384 e. The van der Waals surface area contributed by atoms with Gasteiger partial charge >= 0.3 is 0 Å². The van der Waals surface area contributed by atoms with Gasteiger partial charge in [-0.1, -0.05) is 23.2 Å². The molecule has 2 atom stereocenters. The van der Waals surface area contributed by atoms with Crippen LogP contribution in [0.5, 0.6) is 0 Å². The van der Waals surface area contributed by atoms with Gasteiger partial charge in [0.25, 0.3) is 0 Å². The van der Waals surface area contributed by atoms with E-state index in [-0.39, 0.29) is 6.04 Å². The summed E-state index contributed by atoms with van der Waals surface area (Å²) in [6.45, 7) is 3.43. The molecule has 3 nitrogen and oxygen atoms in total. The maximum atomic E-state index is 6.07. The van der Waals surface area contributed by atoms with Crippen LogP contribution in [0, 0.1) is 5.92 Å². The molecule has 1 fully saturated rings. The fourth-order valence-electron chi connectivity index (χ4n) is 2.78. The predicted octanol–water partition coefficient (Wildman–Crippen LogP) is 2.96. The maximum absolute atomic E-state index is 6.07. The molecule has 1 saturated heterocycles.